The molecule has 0 aromatic carbocycles. The van der Waals surface area contributed by atoms with Gasteiger partial charge in [0.25, 0.3) is 0 Å². The van der Waals surface area contributed by atoms with Crippen molar-refractivity contribution >= 4 is 5.82 Å². The van der Waals surface area contributed by atoms with Gasteiger partial charge in [-0.05, 0) is 18.6 Å². The number of hydrogen-bond donors (Lipinski definition) is 1. The lowest BCUT2D eigenvalue weighted by molar-refractivity contribution is 0.893. The highest BCUT2D eigenvalue weighted by Crippen LogP contribution is 2.07. The summed E-state index contributed by atoms with van der Waals surface area (Å²) in [7, 11) is 0. The smallest absolute Gasteiger partial charge is 0.136 e. The van der Waals surface area contributed by atoms with Gasteiger partial charge in [-0.25, -0.2) is 9.97 Å². The molecule has 2 aromatic heterocycles. The molecule has 0 aliphatic rings. The molecule has 0 bridgehead atoms. The van der Waals surface area contributed by atoms with E-state index in [4.69, 9.17) is 5.73 Å². The molecular formula is C12H14N4. The Morgan fingerprint density at radius 3 is 2.75 bits per heavy atom. The Kier molecular flexibility index (Phi) is 3.10. The molecule has 0 saturated heterocycles. The minimum absolute atomic E-state index is 0.526. The zero-order chi connectivity index (χ0) is 11.4. The Hall–Kier alpha value is -1.97. The summed E-state index contributed by atoms with van der Waals surface area (Å²) in [5.74, 6) is 1.26. The fourth-order valence-electron chi connectivity index (χ4n) is 1.50. The summed E-state index contributed by atoms with van der Waals surface area (Å²) in [6.45, 7) is 2.05. The number of hydrogen-bond acceptors (Lipinski definition) is 4. The van der Waals surface area contributed by atoms with Gasteiger partial charge in [-0.3, -0.25) is 4.98 Å². The Morgan fingerprint density at radius 2 is 2.06 bits per heavy atom. The maximum atomic E-state index is 5.72. The highest BCUT2D eigenvalue weighted by Gasteiger charge is 2.03. The van der Waals surface area contributed by atoms with Crippen LogP contribution in [0, 0.1) is 0 Å². The van der Waals surface area contributed by atoms with E-state index in [0.717, 1.165) is 23.6 Å². The van der Waals surface area contributed by atoms with Gasteiger partial charge in [0.05, 0.1) is 6.42 Å². The summed E-state index contributed by atoms with van der Waals surface area (Å²) in [4.78, 5) is 12.9. The molecule has 0 amide bonds. The van der Waals surface area contributed by atoms with Gasteiger partial charge in [0.2, 0.25) is 0 Å². The lowest BCUT2D eigenvalue weighted by Crippen LogP contribution is -2.04. The third kappa shape index (κ3) is 2.53. The van der Waals surface area contributed by atoms with Crippen molar-refractivity contribution < 1.29 is 0 Å². The summed E-state index contributed by atoms with van der Waals surface area (Å²) in [6.07, 6.45) is 3.25. The molecule has 0 spiro atoms. The quantitative estimate of drug-likeness (QED) is 0.843. The molecular weight excluding hydrogens is 200 g/mol. The van der Waals surface area contributed by atoms with Crippen molar-refractivity contribution in [3.05, 3.63) is 47.7 Å². The van der Waals surface area contributed by atoms with E-state index in [1.54, 1.807) is 6.20 Å². The molecule has 2 aromatic rings. The van der Waals surface area contributed by atoms with Crippen molar-refractivity contribution in [2.45, 2.75) is 19.8 Å². The van der Waals surface area contributed by atoms with Crippen molar-refractivity contribution in [3.8, 4) is 0 Å². The van der Waals surface area contributed by atoms with Crippen molar-refractivity contribution in [3.63, 3.8) is 0 Å². The van der Waals surface area contributed by atoms with E-state index in [9.17, 15) is 0 Å². The Morgan fingerprint density at radius 1 is 1.19 bits per heavy atom. The van der Waals surface area contributed by atoms with Gasteiger partial charge in [-0.1, -0.05) is 13.0 Å². The molecule has 0 unspecified atom stereocenters. The highest BCUT2D eigenvalue weighted by atomic mass is 14.9. The fraction of sp³-hybridized carbons (Fsp3) is 0.250. The summed E-state index contributed by atoms with van der Waals surface area (Å²) in [5.41, 5.74) is 7.64. The SMILES string of the molecule is CCc1cc(N)nc(Cc2ccccn2)n1. The molecule has 4 heteroatoms. The predicted molar refractivity (Wildman–Crippen MR) is 62.9 cm³/mol. The number of aryl methyl sites for hydroxylation is 1. The fourth-order valence-corrected chi connectivity index (χ4v) is 1.50. The molecule has 0 fully saturated rings. The number of aromatic nitrogens is 3. The van der Waals surface area contributed by atoms with Crippen LogP contribution in [-0.2, 0) is 12.8 Å². The molecule has 0 saturated carbocycles. The first-order valence-electron chi connectivity index (χ1n) is 5.30. The van der Waals surface area contributed by atoms with Crippen molar-refractivity contribution in [2.75, 3.05) is 5.73 Å². The van der Waals surface area contributed by atoms with E-state index in [2.05, 4.69) is 15.0 Å². The molecule has 16 heavy (non-hydrogen) atoms. The lowest BCUT2D eigenvalue weighted by atomic mass is 10.2. The molecule has 0 atom stereocenters. The van der Waals surface area contributed by atoms with Crippen molar-refractivity contribution in [1.82, 2.24) is 15.0 Å². The summed E-state index contributed by atoms with van der Waals surface area (Å²) in [6, 6.07) is 7.61. The van der Waals surface area contributed by atoms with Gasteiger partial charge in [0.15, 0.2) is 0 Å². The topological polar surface area (TPSA) is 64.7 Å². The van der Waals surface area contributed by atoms with Gasteiger partial charge in [0.1, 0.15) is 11.6 Å². The third-order valence-corrected chi connectivity index (χ3v) is 2.27. The van der Waals surface area contributed by atoms with Crippen LogP contribution in [0.3, 0.4) is 0 Å². The Bertz CT molecular complexity index is 468. The number of rotatable bonds is 3. The van der Waals surface area contributed by atoms with Crippen LogP contribution in [-0.4, -0.2) is 15.0 Å². The third-order valence-electron chi connectivity index (χ3n) is 2.27. The second-order valence-corrected chi connectivity index (χ2v) is 3.55. The normalized spacial score (nSPS) is 10.3. The predicted octanol–water partition coefficient (Wildman–Crippen LogP) is 1.61. The van der Waals surface area contributed by atoms with Crippen LogP contribution in [0.5, 0.6) is 0 Å². The van der Waals surface area contributed by atoms with E-state index in [1.165, 1.54) is 0 Å². The molecule has 4 nitrogen and oxygen atoms in total. The maximum Gasteiger partial charge on any atom is 0.136 e. The first-order chi connectivity index (χ1) is 7.78. The zero-order valence-electron chi connectivity index (χ0n) is 9.22. The van der Waals surface area contributed by atoms with Gasteiger partial charge >= 0.3 is 0 Å². The lowest BCUT2D eigenvalue weighted by Gasteiger charge is -2.03. The van der Waals surface area contributed by atoms with Gasteiger partial charge in [-0.15, -0.1) is 0 Å². The second kappa shape index (κ2) is 4.70. The van der Waals surface area contributed by atoms with Crippen LogP contribution in [0.4, 0.5) is 5.82 Å². The van der Waals surface area contributed by atoms with Crippen LogP contribution >= 0.6 is 0 Å². The van der Waals surface area contributed by atoms with Crippen LogP contribution in [0.1, 0.15) is 24.1 Å². The van der Waals surface area contributed by atoms with Crippen LogP contribution < -0.4 is 5.73 Å². The molecule has 2 rings (SSSR count). The Balaban J connectivity index is 2.24. The largest absolute Gasteiger partial charge is 0.384 e. The number of nitrogens with two attached hydrogens (primary N) is 1. The number of anilines is 1. The molecule has 82 valence electrons. The molecule has 0 aliphatic carbocycles. The van der Waals surface area contributed by atoms with Crippen molar-refractivity contribution in [2.24, 2.45) is 0 Å². The average molecular weight is 214 g/mol. The van der Waals surface area contributed by atoms with E-state index < -0.39 is 0 Å². The minimum atomic E-state index is 0.526. The van der Waals surface area contributed by atoms with E-state index in [1.807, 2.05) is 31.2 Å². The molecule has 0 radical (unpaired) electrons. The van der Waals surface area contributed by atoms with Crippen LogP contribution in [0.15, 0.2) is 30.5 Å². The second-order valence-electron chi connectivity index (χ2n) is 3.55. The molecule has 2 N–H and O–H groups in total. The first kappa shape index (κ1) is 10.5. The number of nitrogen functional groups attached to an aromatic ring is 1. The standard InChI is InChI=1S/C12H14N4/c1-2-9-7-11(13)16-12(15-9)8-10-5-3-4-6-14-10/h3-7H,2,8H2,1H3,(H2,13,15,16). The monoisotopic (exact) mass is 214 g/mol. The summed E-state index contributed by atoms with van der Waals surface area (Å²) < 4.78 is 0. The maximum absolute atomic E-state index is 5.72. The minimum Gasteiger partial charge on any atom is -0.384 e. The number of pyridine rings is 1. The van der Waals surface area contributed by atoms with E-state index in [0.29, 0.717) is 12.2 Å². The van der Waals surface area contributed by atoms with Gasteiger partial charge in [0, 0.05) is 23.7 Å². The average Bonchev–Trinajstić information content (AvgIpc) is 2.29. The molecule has 2 heterocycles. The first-order valence-corrected chi connectivity index (χ1v) is 5.30. The van der Waals surface area contributed by atoms with E-state index in [-0.39, 0.29) is 0 Å². The Labute approximate surface area is 94.6 Å². The van der Waals surface area contributed by atoms with Crippen LogP contribution in [0.2, 0.25) is 0 Å². The summed E-state index contributed by atoms with van der Waals surface area (Å²) in [5, 5.41) is 0. The zero-order valence-corrected chi connectivity index (χ0v) is 9.22. The number of nitrogens with zero attached hydrogens (tertiary/aromatic N) is 3. The van der Waals surface area contributed by atoms with E-state index >= 15 is 0 Å². The van der Waals surface area contributed by atoms with Crippen LogP contribution in [0.25, 0.3) is 0 Å². The van der Waals surface area contributed by atoms with Gasteiger partial charge < -0.3 is 5.73 Å². The van der Waals surface area contributed by atoms with Gasteiger partial charge in [-0.2, -0.15) is 0 Å². The summed E-state index contributed by atoms with van der Waals surface area (Å²) >= 11 is 0. The molecule has 0 aliphatic heterocycles. The highest BCUT2D eigenvalue weighted by molar-refractivity contribution is 5.30. The van der Waals surface area contributed by atoms with Crippen molar-refractivity contribution in [1.29, 1.82) is 0 Å².